The molecule has 0 bridgehead atoms. The van der Waals surface area contributed by atoms with Gasteiger partial charge in [-0.2, -0.15) is 0 Å². The smallest absolute Gasteiger partial charge is 0.371 e. The molecule has 106 valence electrons. The summed E-state index contributed by atoms with van der Waals surface area (Å²) in [4.78, 5) is 11.0. The molecule has 0 unspecified atom stereocenters. The predicted molar refractivity (Wildman–Crippen MR) is 77.0 cm³/mol. The van der Waals surface area contributed by atoms with Gasteiger partial charge in [0, 0.05) is 17.2 Å². The number of fused-ring (bicyclic) bond motifs is 1. The van der Waals surface area contributed by atoms with E-state index in [0.29, 0.717) is 5.75 Å². The molecule has 0 fully saturated rings. The summed E-state index contributed by atoms with van der Waals surface area (Å²) in [7, 11) is 2.89. The van der Waals surface area contributed by atoms with E-state index in [0.717, 1.165) is 15.6 Å². The molecule has 0 aliphatic rings. The van der Waals surface area contributed by atoms with Crippen LogP contribution >= 0.6 is 11.3 Å². The number of ether oxygens (including phenoxy) is 3. The average molecular weight is 294 g/mol. The Hall–Kier alpha value is -2.05. The number of hydrogen-bond donors (Lipinski definition) is 1. The minimum atomic E-state index is -1.10. The molecule has 0 atom stereocenters. The van der Waals surface area contributed by atoms with Gasteiger partial charge in [0.15, 0.2) is 6.79 Å². The molecule has 1 heterocycles. The van der Waals surface area contributed by atoms with Gasteiger partial charge in [0.1, 0.15) is 5.75 Å². The topological polar surface area (TPSA) is 65.0 Å². The minimum absolute atomic E-state index is 0.106. The molecular formula is C14H14O5S. The third kappa shape index (κ3) is 2.92. The van der Waals surface area contributed by atoms with Crippen LogP contribution < -0.4 is 4.74 Å². The first-order chi connectivity index (χ1) is 9.67. The van der Waals surface area contributed by atoms with Crippen molar-refractivity contribution in [3.8, 4) is 5.75 Å². The number of methoxy groups -OCH3 is 2. The van der Waals surface area contributed by atoms with E-state index in [2.05, 4.69) is 0 Å². The summed E-state index contributed by atoms with van der Waals surface area (Å²) in [6.45, 7) is 0.165. The lowest BCUT2D eigenvalue weighted by molar-refractivity contribution is -0.135. The number of hydrogen-bond acceptors (Lipinski definition) is 5. The summed E-state index contributed by atoms with van der Waals surface area (Å²) in [5.41, 5.74) is 0.777. The molecule has 6 heteroatoms. The zero-order valence-corrected chi connectivity index (χ0v) is 11.9. The Labute approximate surface area is 120 Å². The maximum absolute atomic E-state index is 11.0. The number of benzene rings is 1. The highest BCUT2D eigenvalue weighted by atomic mass is 32.1. The lowest BCUT2D eigenvalue weighted by Gasteiger charge is -2.08. The molecular weight excluding hydrogens is 280 g/mol. The van der Waals surface area contributed by atoms with Crippen LogP contribution in [0.1, 0.15) is 5.56 Å². The zero-order chi connectivity index (χ0) is 14.5. The van der Waals surface area contributed by atoms with Crippen molar-refractivity contribution in [2.45, 2.75) is 0 Å². The first-order valence-electron chi connectivity index (χ1n) is 5.78. The Morgan fingerprint density at radius 2 is 2.15 bits per heavy atom. The van der Waals surface area contributed by atoms with Gasteiger partial charge in [0.05, 0.1) is 7.11 Å². The number of carbonyl (C=O) groups is 1. The number of rotatable bonds is 6. The normalized spacial score (nSPS) is 11.6. The molecule has 20 heavy (non-hydrogen) atoms. The lowest BCUT2D eigenvalue weighted by Crippen LogP contribution is -2.02. The maximum atomic E-state index is 11.0. The van der Waals surface area contributed by atoms with Crippen LogP contribution in [0.15, 0.2) is 29.3 Å². The molecule has 2 rings (SSSR count). The van der Waals surface area contributed by atoms with Crippen LogP contribution in [0.25, 0.3) is 16.2 Å². The number of aliphatic carboxylic acids is 1. The van der Waals surface area contributed by atoms with Crippen molar-refractivity contribution in [1.82, 2.24) is 0 Å². The Morgan fingerprint density at radius 3 is 2.80 bits per heavy atom. The fraction of sp³-hybridized carbons (Fsp3) is 0.214. The van der Waals surface area contributed by atoms with E-state index in [4.69, 9.17) is 19.3 Å². The van der Waals surface area contributed by atoms with E-state index >= 15 is 0 Å². The van der Waals surface area contributed by atoms with Crippen molar-refractivity contribution in [3.63, 3.8) is 0 Å². The first kappa shape index (κ1) is 14.4. The van der Waals surface area contributed by atoms with Crippen molar-refractivity contribution < 1.29 is 24.1 Å². The largest absolute Gasteiger partial charge is 0.490 e. The lowest BCUT2D eigenvalue weighted by atomic mass is 10.1. The zero-order valence-electron chi connectivity index (χ0n) is 11.1. The molecule has 1 N–H and O–H groups in total. The molecule has 5 nitrogen and oxygen atoms in total. The third-order valence-corrected chi connectivity index (χ3v) is 3.62. The van der Waals surface area contributed by atoms with Gasteiger partial charge in [-0.15, -0.1) is 11.3 Å². The molecule has 0 spiro atoms. The van der Waals surface area contributed by atoms with Gasteiger partial charge in [0.25, 0.3) is 0 Å². The van der Waals surface area contributed by atoms with E-state index in [-0.39, 0.29) is 12.6 Å². The molecule has 0 aliphatic heterocycles. The van der Waals surface area contributed by atoms with Gasteiger partial charge in [-0.3, -0.25) is 0 Å². The molecule has 1 aromatic heterocycles. The van der Waals surface area contributed by atoms with Crippen molar-refractivity contribution in [3.05, 3.63) is 34.9 Å². The molecule has 2 aromatic rings. The van der Waals surface area contributed by atoms with Gasteiger partial charge < -0.3 is 19.3 Å². The van der Waals surface area contributed by atoms with E-state index in [9.17, 15) is 4.79 Å². The summed E-state index contributed by atoms with van der Waals surface area (Å²) in [5, 5.41) is 11.8. The van der Waals surface area contributed by atoms with Crippen LogP contribution in [-0.2, 0) is 14.3 Å². The Bertz CT molecular complexity index is 644. The molecule has 0 amide bonds. The van der Waals surface area contributed by atoms with E-state index in [1.165, 1.54) is 24.5 Å². The van der Waals surface area contributed by atoms with Gasteiger partial charge in [0.2, 0.25) is 5.76 Å². The number of thiophene rings is 1. The maximum Gasteiger partial charge on any atom is 0.371 e. The summed E-state index contributed by atoms with van der Waals surface area (Å²) < 4.78 is 16.2. The van der Waals surface area contributed by atoms with Gasteiger partial charge in [-0.25, -0.2) is 4.79 Å². The van der Waals surface area contributed by atoms with Crippen LogP contribution in [0.2, 0.25) is 0 Å². The highest BCUT2D eigenvalue weighted by Crippen LogP contribution is 2.34. The fourth-order valence-electron chi connectivity index (χ4n) is 1.77. The van der Waals surface area contributed by atoms with Crippen molar-refractivity contribution in [1.29, 1.82) is 0 Å². The van der Waals surface area contributed by atoms with Gasteiger partial charge in [-0.1, -0.05) is 0 Å². The second kappa shape index (κ2) is 6.40. The predicted octanol–water partition coefficient (Wildman–Crippen LogP) is 2.96. The molecule has 0 aliphatic carbocycles. The number of carboxylic acids is 1. The minimum Gasteiger partial charge on any atom is -0.490 e. The Morgan fingerprint density at radius 1 is 1.35 bits per heavy atom. The van der Waals surface area contributed by atoms with E-state index < -0.39 is 5.97 Å². The van der Waals surface area contributed by atoms with Crippen LogP contribution in [0, 0.1) is 0 Å². The Kier molecular flexibility index (Phi) is 4.60. The fourth-order valence-corrected chi connectivity index (χ4v) is 2.67. The standard InChI is InChI=1S/C14H14O5S/c1-17-8-19-11-4-3-9(7-12(18-2)14(15)16)13-10(11)5-6-20-13/h3-7H,8H2,1-2H3,(H,15,16)/b12-7-. The third-order valence-electron chi connectivity index (χ3n) is 2.66. The van der Waals surface area contributed by atoms with Crippen molar-refractivity contribution >= 4 is 33.5 Å². The molecule has 0 radical (unpaired) electrons. The summed E-state index contributed by atoms with van der Waals surface area (Å²) >= 11 is 1.51. The monoisotopic (exact) mass is 294 g/mol. The van der Waals surface area contributed by atoms with E-state index in [1.54, 1.807) is 19.2 Å². The molecule has 0 saturated carbocycles. The molecule has 0 saturated heterocycles. The number of carboxylic acid groups (broad SMARTS) is 1. The summed E-state index contributed by atoms with van der Waals surface area (Å²) in [6, 6.07) is 5.51. The quantitative estimate of drug-likeness (QED) is 0.504. The highest BCUT2D eigenvalue weighted by molar-refractivity contribution is 7.17. The molecule has 1 aromatic carbocycles. The van der Waals surface area contributed by atoms with Crippen LogP contribution in [0.4, 0.5) is 0 Å². The van der Waals surface area contributed by atoms with Gasteiger partial charge in [-0.05, 0) is 35.2 Å². The Balaban J connectivity index is 2.46. The summed E-state index contributed by atoms with van der Waals surface area (Å²) in [6.07, 6.45) is 1.50. The van der Waals surface area contributed by atoms with Crippen LogP contribution in [0.5, 0.6) is 5.75 Å². The SMILES string of the molecule is COCOc1ccc(/C=C(\OC)C(=O)O)c2sccc12. The van der Waals surface area contributed by atoms with Crippen LogP contribution in [0.3, 0.4) is 0 Å². The average Bonchev–Trinajstić information content (AvgIpc) is 2.92. The van der Waals surface area contributed by atoms with E-state index in [1.807, 2.05) is 11.4 Å². The second-order valence-corrected chi connectivity index (χ2v) is 4.80. The first-order valence-corrected chi connectivity index (χ1v) is 6.66. The highest BCUT2D eigenvalue weighted by Gasteiger charge is 2.11. The van der Waals surface area contributed by atoms with Gasteiger partial charge >= 0.3 is 5.97 Å². The van der Waals surface area contributed by atoms with Crippen molar-refractivity contribution in [2.24, 2.45) is 0 Å². The second-order valence-electron chi connectivity index (χ2n) is 3.89. The summed E-state index contributed by atoms with van der Waals surface area (Å²) in [5.74, 6) is -0.503. The van der Waals surface area contributed by atoms with Crippen molar-refractivity contribution in [2.75, 3.05) is 21.0 Å². The van der Waals surface area contributed by atoms with Crippen LogP contribution in [-0.4, -0.2) is 32.1 Å².